The van der Waals surface area contributed by atoms with Gasteiger partial charge in [0.15, 0.2) is 5.82 Å². The van der Waals surface area contributed by atoms with Crippen molar-refractivity contribution < 1.29 is 22.6 Å². The Morgan fingerprint density at radius 2 is 1.87 bits per heavy atom. The third kappa shape index (κ3) is 5.72. The van der Waals surface area contributed by atoms with E-state index in [4.69, 9.17) is 4.74 Å². The number of hydrogen-bond acceptors (Lipinski definition) is 9. The highest BCUT2D eigenvalue weighted by atomic mass is 19.4. The molecule has 0 aliphatic carbocycles. The molecule has 0 fully saturated rings. The molecule has 3 heterocycles. The normalized spacial score (nSPS) is 12.6. The Hall–Kier alpha value is -4.52. The average molecular weight is 525 g/mol. The number of aryl methyl sites for hydroxylation is 2. The molecule has 0 saturated heterocycles. The Morgan fingerprint density at radius 1 is 1.03 bits per heavy atom. The first-order valence-corrected chi connectivity index (χ1v) is 11.6. The van der Waals surface area contributed by atoms with Gasteiger partial charge in [-0.3, -0.25) is 4.74 Å². The van der Waals surface area contributed by atoms with Gasteiger partial charge in [0.1, 0.15) is 28.9 Å². The number of anilines is 3. The summed E-state index contributed by atoms with van der Waals surface area (Å²) in [6.45, 7) is 2.86. The number of ether oxygens (including phenoxy) is 2. The minimum atomic E-state index is -4.71. The first-order chi connectivity index (χ1) is 18.1. The van der Waals surface area contributed by atoms with E-state index in [2.05, 4.69) is 40.3 Å². The molecule has 196 valence electrons. The summed E-state index contributed by atoms with van der Waals surface area (Å²) in [7, 11) is 1.93. The van der Waals surface area contributed by atoms with E-state index in [0.29, 0.717) is 28.4 Å². The smallest absolute Gasteiger partial charge is 0.457 e. The molecule has 13 heteroatoms. The molecule has 0 spiro atoms. The van der Waals surface area contributed by atoms with Crippen LogP contribution < -0.4 is 15.4 Å². The quantitative estimate of drug-likeness (QED) is 0.272. The van der Waals surface area contributed by atoms with Crippen LogP contribution in [0.25, 0.3) is 22.1 Å². The molecule has 0 amide bonds. The molecule has 0 bridgehead atoms. The predicted octanol–water partition coefficient (Wildman–Crippen LogP) is 5.49. The summed E-state index contributed by atoms with van der Waals surface area (Å²) in [4.78, 5) is 21.3. The highest BCUT2D eigenvalue weighted by molar-refractivity contribution is 5.87. The fourth-order valence-electron chi connectivity index (χ4n) is 3.78. The average Bonchev–Trinajstić information content (AvgIpc) is 3.24. The van der Waals surface area contributed by atoms with Gasteiger partial charge < -0.3 is 19.9 Å². The number of fused-ring (bicyclic) bond motifs is 2. The van der Waals surface area contributed by atoms with Crippen LogP contribution in [-0.2, 0) is 11.8 Å². The molecular weight excluding hydrogens is 501 g/mol. The summed E-state index contributed by atoms with van der Waals surface area (Å²) < 4.78 is 48.9. The van der Waals surface area contributed by atoms with Crippen LogP contribution in [0.4, 0.5) is 30.6 Å². The maximum absolute atomic E-state index is 12.3. The Morgan fingerprint density at radius 3 is 2.66 bits per heavy atom. The Balaban J connectivity index is 1.32. The van der Waals surface area contributed by atoms with Crippen molar-refractivity contribution in [2.45, 2.75) is 26.3 Å². The minimum Gasteiger partial charge on any atom is -0.457 e. The Labute approximate surface area is 214 Å². The molecule has 2 aromatic carbocycles. The number of halogens is 3. The summed E-state index contributed by atoms with van der Waals surface area (Å²) in [5.41, 5.74) is 4.33. The third-order valence-electron chi connectivity index (χ3n) is 5.61. The van der Waals surface area contributed by atoms with Gasteiger partial charge in [-0.1, -0.05) is 0 Å². The van der Waals surface area contributed by atoms with E-state index in [1.165, 1.54) is 19.4 Å². The Kier molecular flexibility index (Phi) is 6.68. The summed E-state index contributed by atoms with van der Waals surface area (Å²) in [6, 6.07) is 10.6. The predicted molar refractivity (Wildman–Crippen MR) is 135 cm³/mol. The van der Waals surface area contributed by atoms with E-state index in [1.807, 2.05) is 54.9 Å². The van der Waals surface area contributed by atoms with Crippen LogP contribution in [0.15, 0.2) is 55.2 Å². The molecule has 0 saturated carbocycles. The van der Waals surface area contributed by atoms with Crippen LogP contribution >= 0.6 is 0 Å². The lowest BCUT2D eigenvalue weighted by Crippen LogP contribution is -2.27. The number of imidazole rings is 1. The second-order valence-corrected chi connectivity index (χ2v) is 8.67. The number of rotatable bonds is 8. The monoisotopic (exact) mass is 524 g/mol. The highest BCUT2D eigenvalue weighted by Crippen LogP contribution is 2.31. The topological polar surface area (TPSA) is 112 Å². The molecular formula is C25H23F3N8O2. The first kappa shape index (κ1) is 25.1. The van der Waals surface area contributed by atoms with E-state index in [0.717, 1.165) is 22.3 Å². The molecule has 0 unspecified atom stereocenters. The molecule has 38 heavy (non-hydrogen) atoms. The summed E-state index contributed by atoms with van der Waals surface area (Å²) in [5, 5.41) is 6.02. The van der Waals surface area contributed by atoms with Crippen molar-refractivity contribution in [3.63, 3.8) is 0 Å². The van der Waals surface area contributed by atoms with E-state index in [1.54, 1.807) is 6.33 Å². The number of aromatic nitrogens is 6. The molecule has 2 N–H and O–H groups in total. The zero-order valence-corrected chi connectivity index (χ0v) is 20.6. The van der Waals surface area contributed by atoms with Crippen LogP contribution in [0.3, 0.4) is 0 Å². The largest absolute Gasteiger partial charge is 0.522 e. The number of alkyl halides is 3. The van der Waals surface area contributed by atoms with E-state index in [9.17, 15) is 13.2 Å². The summed E-state index contributed by atoms with van der Waals surface area (Å²) in [5.74, 6) is 1.89. The lowest BCUT2D eigenvalue weighted by molar-refractivity contribution is -0.325. The van der Waals surface area contributed by atoms with E-state index < -0.39 is 19.0 Å². The molecule has 0 aliphatic rings. The molecule has 1 atom stereocenters. The van der Waals surface area contributed by atoms with Gasteiger partial charge in [-0.25, -0.2) is 24.9 Å². The molecule has 0 aliphatic heterocycles. The van der Waals surface area contributed by atoms with E-state index >= 15 is 0 Å². The zero-order chi connectivity index (χ0) is 26.9. The number of hydrogen-bond donors (Lipinski definition) is 2. The maximum atomic E-state index is 12.3. The third-order valence-corrected chi connectivity index (χ3v) is 5.61. The maximum Gasteiger partial charge on any atom is 0.522 e. The van der Waals surface area contributed by atoms with Gasteiger partial charge in [0.2, 0.25) is 5.95 Å². The highest BCUT2D eigenvalue weighted by Gasteiger charge is 2.29. The molecule has 0 radical (unpaired) electrons. The van der Waals surface area contributed by atoms with Gasteiger partial charge in [-0.05, 0) is 49.7 Å². The van der Waals surface area contributed by atoms with Gasteiger partial charge in [-0.2, -0.15) is 0 Å². The van der Waals surface area contributed by atoms with Gasteiger partial charge in [-0.15, -0.1) is 13.2 Å². The van der Waals surface area contributed by atoms with E-state index in [-0.39, 0.29) is 5.95 Å². The second-order valence-electron chi connectivity index (χ2n) is 8.67. The molecule has 3 aromatic heterocycles. The number of benzene rings is 2. The molecule has 5 rings (SSSR count). The SMILES string of the molecule is Cc1cc(Nc2ncnc3cnc(N[C@H](C)COC(F)(F)F)nc23)ccc1Oc1ccc2c(c1)ncn2C. The lowest BCUT2D eigenvalue weighted by atomic mass is 10.2. The van der Waals surface area contributed by atoms with Crippen molar-refractivity contribution in [1.29, 1.82) is 0 Å². The molecule has 10 nitrogen and oxygen atoms in total. The van der Waals surface area contributed by atoms with Crippen molar-refractivity contribution in [3.05, 3.63) is 60.8 Å². The van der Waals surface area contributed by atoms with Crippen LogP contribution in [-0.4, -0.2) is 48.5 Å². The standard InChI is InChI=1S/C25H23F3N8O2/c1-14-8-16(4-7-21(14)38-17-5-6-20-18(9-17)32-13-36(20)3)34-23-22-19(30-12-31-23)10-29-24(35-22)33-15(2)11-37-25(26,27)28/h4-10,12-13,15H,11H2,1-3H3,(H,29,33,35)(H,30,31,34)/t15-/m1/s1. The van der Waals surface area contributed by atoms with Crippen LogP contribution in [0.5, 0.6) is 11.5 Å². The first-order valence-electron chi connectivity index (χ1n) is 11.6. The van der Waals surface area contributed by atoms with Gasteiger partial charge in [0.25, 0.3) is 0 Å². The van der Waals surface area contributed by atoms with Crippen molar-refractivity contribution in [2.75, 3.05) is 17.2 Å². The summed E-state index contributed by atoms with van der Waals surface area (Å²) in [6.07, 6.45) is -0.116. The zero-order valence-electron chi connectivity index (χ0n) is 20.6. The van der Waals surface area contributed by atoms with Gasteiger partial charge in [0.05, 0.1) is 30.2 Å². The van der Waals surface area contributed by atoms with Crippen molar-refractivity contribution in [2.24, 2.45) is 7.05 Å². The van der Waals surface area contributed by atoms with Gasteiger partial charge >= 0.3 is 6.36 Å². The fraction of sp³-hybridized carbons (Fsp3) is 0.240. The fourth-order valence-corrected chi connectivity index (χ4v) is 3.78. The Bertz CT molecular complexity index is 1610. The van der Waals surface area contributed by atoms with Crippen LogP contribution in [0, 0.1) is 6.92 Å². The lowest BCUT2D eigenvalue weighted by Gasteiger charge is -2.16. The van der Waals surface area contributed by atoms with Crippen molar-refractivity contribution >= 4 is 39.5 Å². The number of nitrogens with one attached hydrogen (secondary N) is 2. The van der Waals surface area contributed by atoms with Crippen LogP contribution in [0.2, 0.25) is 0 Å². The summed E-state index contributed by atoms with van der Waals surface area (Å²) >= 11 is 0. The van der Waals surface area contributed by atoms with Crippen molar-refractivity contribution in [3.8, 4) is 11.5 Å². The number of nitrogens with zero attached hydrogens (tertiary/aromatic N) is 6. The second kappa shape index (κ2) is 10.1. The molecule has 5 aromatic rings. The minimum absolute atomic E-state index is 0.124. The van der Waals surface area contributed by atoms with Crippen LogP contribution in [0.1, 0.15) is 12.5 Å². The van der Waals surface area contributed by atoms with Gasteiger partial charge in [0, 0.05) is 24.8 Å². The van der Waals surface area contributed by atoms with Crippen molar-refractivity contribution in [1.82, 2.24) is 29.5 Å².